The Bertz CT molecular complexity index is 896. The fourth-order valence-electron chi connectivity index (χ4n) is 6.54. The fraction of sp³-hybridized carbons (Fsp3) is 0.955. The van der Waals surface area contributed by atoms with Gasteiger partial charge in [0, 0.05) is 12.8 Å². The molecule has 0 aliphatic heterocycles. The Morgan fingerprint density at radius 1 is 0.500 bits per heavy atom. The first-order valence-corrected chi connectivity index (χ1v) is 24.2. The van der Waals surface area contributed by atoms with Gasteiger partial charge in [-0.15, -0.1) is 0 Å². The number of unbranched alkanes of at least 4 members (excludes halogenated alkanes) is 28. The Morgan fingerprint density at radius 2 is 0.833 bits per heavy atom. The number of phosphoric ester groups is 1. The molecule has 9 nitrogen and oxygen atoms in total. The number of nitrogens with zero attached hydrogens (tertiary/aromatic N) is 1. The molecule has 0 radical (unpaired) electrons. The molecule has 10 heteroatoms. The van der Waals surface area contributed by atoms with Crippen LogP contribution >= 0.6 is 7.82 Å². The van der Waals surface area contributed by atoms with Gasteiger partial charge in [-0.2, -0.15) is 0 Å². The molecule has 0 rings (SSSR count). The summed E-state index contributed by atoms with van der Waals surface area (Å²) in [6, 6.07) is 0. The highest BCUT2D eigenvalue weighted by Gasteiger charge is 2.21. The molecule has 2 atom stereocenters. The summed E-state index contributed by atoms with van der Waals surface area (Å²) in [7, 11) is 1.18. The Labute approximate surface area is 334 Å². The van der Waals surface area contributed by atoms with E-state index in [1.165, 1.54) is 141 Å². The molecule has 0 N–H and O–H groups in total. The van der Waals surface area contributed by atoms with E-state index in [1.54, 1.807) is 0 Å². The van der Waals surface area contributed by atoms with Crippen LogP contribution in [0.3, 0.4) is 0 Å². The van der Waals surface area contributed by atoms with E-state index in [9.17, 15) is 19.0 Å². The van der Waals surface area contributed by atoms with E-state index < -0.39 is 32.5 Å². The maximum absolute atomic E-state index is 12.6. The number of ether oxygens (including phenoxy) is 2. The van der Waals surface area contributed by atoms with Crippen molar-refractivity contribution in [1.29, 1.82) is 0 Å². The molecule has 2 unspecified atom stereocenters. The lowest BCUT2D eigenvalue weighted by molar-refractivity contribution is -0.870. The molecule has 0 amide bonds. The number of hydrogen-bond acceptors (Lipinski definition) is 8. The highest BCUT2D eigenvalue weighted by Crippen LogP contribution is 2.38. The Morgan fingerprint density at radius 3 is 1.19 bits per heavy atom. The van der Waals surface area contributed by atoms with E-state index >= 15 is 0 Å². The molecule has 0 aromatic heterocycles. The lowest BCUT2D eigenvalue weighted by Crippen LogP contribution is -2.37. The maximum atomic E-state index is 12.6. The van der Waals surface area contributed by atoms with Crippen LogP contribution in [0, 0.1) is 0 Å². The molecule has 0 aliphatic carbocycles. The number of carbonyl (C=O) groups is 2. The fourth-order valence-corrected chi connectivity index (χ4v) is 7.27. The summed E-state index contributed by atoms with van der Waals surface area (Å²) in [5.41, 5.74) is 0. The monoisotopic (exact) mass is 790 g/mol. The summed E-state index contributed by atoms with van der Waals surface area (Å²) in [5, 5.41) is 0. The van der Waals surface area contributed by atoms with Crippen molar-refractivity contribution in [3.8, 4) is 0 Å². The van der Waals surface area contributed by atoms with Crippen LogP contribution in [0.15, 0.2) is 0 Å². The molecular formula is C44H88NO8P. The lowest BCUT2D eigenvalue weighted by atomic mass is 10.0. The van der Waals surface area contributed by atoms with Gasteiger partial charge in [-0.25, -0.2) is 0 Å². The second kappa shape index (κ2) is 37.6. The molecule has 0 aromatic rings. The second-order valence-corrected chi connectivity index (χ2v) is 18.2. The van der Waals surface area contributed by atoms with Gasteiger partial charge in [0.2, 0.25) is 0 Å². The van der Waals surface area contributed by atoms with Crippen molar-refractivity contribution in [2.45, 2.75) is 225 Å². The molecule has 322 valence electrons. The Balaban J connectivity index is 3.97. The first-order chi connectivity index (χ1) is 26.0. The molecular weight excluding hydrogens is 701 g/mol. The molecule has 0 saturated heterocycles. The van der Waals surface area contributed by atoms with Gasteiger partial charge >= 0.3 is 11.9 Å². The van der Waals surface area contributed by atoms with E-state index in [4.69, 9.17) is 18.5 Å². The molecule has 0 spiro atoms. The predicted octanol–water partition coefficient (Wildman–Crippen LogP) is 12.2. The summed E-state index contributed by atoms with van der Waals surface area (Å²) in [4.78, 5) is 37.2. The molecule has 0 aliphatic rings. The molecule has 0 heterocycles. The van der Waals surface area contributed by atoms with Crippen LogP contribution in [0.25, 0.3) is 0 Å². The van der Waals surface area contributed by atoms with E-state index in [1.807, 2.05) is 21.1 Å². The average molecular weight is 790 g/mol. The van der Waals surface area contributed by atoms with E-state index in [2.05, 4.69) is 13.8 Å². The van der Waals surface area contributed by atoms with Gasteiger partial charge in [-0.1, -0.05) is 194 Å². The second-order valence-electron chi connectivity index (χ2n) is 16.8. The van der Waals surface area contributed by atoms with E-state index in [0.717, 1.165) is 44.9 Å². The summed E-state index contributed by atoms with van der Waals surface area (Å²) in [6.45, 7) is 4.16. The van der Waals surface area contributed by atoms with Crippen LogP contribution < -0.4 is 4.89 Å². The minimum atomic E-state index is -4.61. The Hall–Kier alpha value is -0.990. The highest BCUT2D eigenvalue weighted by atomic mass is 31.2. The van der Waals surface area contributed by atoms with Crippen molar-refractivity contribution in [3.63, 3.8) is 0 Å². The van der Waals surface area contributed by atoms with Crippen molar-refractivity contribution in [2.24, 2.45) is 0 Å². The number of quaternary nitrogens is 1. The van der Waals surface area contributed by atoms with Crippen molar-refractivity contribution >= 4 is 19.8 Å². The third-order valence-electron chi connectivity index (χ3n) is 10.1. The topological polar surface area (TPSA) is 111 Å². The largest absolute Gasteiger partial charge is 0.756 e. The van der Waals surface area contributed by atoms with Gasteiger partial charge in [-0.05, 0) is 12.8 Å². The zero-order valence-corrected chi connectivity index (χ0v) is 37.1. The average Bonchev–Trinajstić information content (AvgIpc) is 3.12. The summed E-state index contributed by atoms with van der Waals surface area (Å²) < 4.78 is 33.7. The van der Waals surface area contributed by atoms with Crippen LogP contribution in [0.2, 0.25) is 0 Å². The van der Waals surface area contributed by atoms with Crippen LogP contribution in [0.5, 0.6) is 0 Å². The van der Waals surface area contributed by atoms with Gasteiger partial charge < -0.3 is 27.9 Å². The first-order valence-electron chi connectivity index (χ1n) is 22.7. The van der Waals surface area contributed by atoms with Crippen LogP contribution in [0.1, 0.15) is 219 Å². The number of likely N-dealkylation sites (N-methyl/N-ethyl adjacent to an activating group) is 1. The van der Waals surface area contributed by atoms with Crippen LogP contribution in [0.4, 0.5) is 0 Å². The van der Waals surface area contributed by atoms with Crippen LogP contribution in [-0.2, 0) is 32.7 Å². The third kappa shape index (κ3) is 40.7. The smallest absolute Gasteiger partial charge is 0.306 e. The summed E-state index contributed by atoms with van der Waals surface area (Å²) >= 11 is 0. The summed E-state index contributed by atoms with van der Waals surface area (Å²) in [5.74, 6) is -0.836. The standard InChI is InChI=1S/C44H88NO8P/c1-6-8-10-12-13-14-15-16-17-18-19-20-21-22-23-24-25-26-27-28-29-30-31-33-35-37-44(47)53-42(40-50-43(46)36-34-32-11-9-7-2)41-52-54(48,49)51-39-38-45(3,4)5/h42H,6-41H2,1-5H3. The number of carbonyl (C=O) groups excluding carboxylic acids is 2. The molecule has 0 bridgehead atoms. The maximum Gasteiger partial charge on any atom is 0.306 e. The normalized spacial score (nSPS) is 13.5. The van der Waals surface area contributed by atoms with Gasteiger partial charge in [0.25, 0.3) is 7.82 Å². The predicted molar refractivity (Wildman–Crippen MR) is 222 cm³/mol. The van der Waals surface area contributed by atoms with Gasteiger partial charge in [0.05, 0.1) is 27.7 Å². The molecule has 0 fully saturated rings. The molecule has 54 heavy (non-hydrogen) atoms. The third-order valence-corrected chi connectivity index (χ3v) is 11.1. The SMILES string of the molecule is CCCCCCCCCCCCCCCCCCCCCCCCCCCC(=O)OC(COC(=O)CCCCCCC)COP(=O)([O-])OCC[N+](C)(C)C. The van der Waals surface area contributed by atoms with E-state index in [0.29, 0.717) is 17.4 Å². The number of esters is 2. The lowest BCUT2D eigenvalue weighted by Gasteiger charge is -2.28. The van der Waals surface area contributed by atoms with Gasteiger partial charge in [0.15, 0.2) is 6.10 Å². The minimum absolute atomic E-state index is 0.0265. The molecule has 0 aromatic carbocycles. The van der Waals surface area contributed by atoms with Crippen LogP contribution in [-0.4, -0.2) is 70.0 Å². The zero-order chi connectivity index (χ0) is 40.0. The van der Waals surface area contributed by atoms with Crippen molar-refractivity contribution in [2.75, 3.05) is 47.5 Å². The first kappa shape index (κ1) is 53.0. The van der Waals surface area contributed by atoms with Crippen molar-refractivity contribution in [1.82, 2.24) is 0 Å². The van der Waals surface area contributed by atoms with Gasteiger partial charge in [-0.3, -0.25) is 14.2 Å². The quantitative estimate of drug-likeness (QED) is 0.0260. The number of hydrogen-bond donors (Lipinski definition) is 0. The van der Waals surface area contributed by atoms with Crippen molar-refractivity contribution < 1.29 is 42.1 Å². The minimum Gasteiger partial charge on any atom is -0.756 e. The molecule has 0 saturated carbocycles. The van der Waals surface area contributed by atoms with Gasteiger partial charge in [0.1, 0.15) is 19.8 Å². The highest BCUT2D eigenvalue weighted by molar-refractivity contribution is 7.45. The number of phosphoric acid groups is 1. The summed E-state index contributed by atoms with van der Waals surface area (Å²) in [6.07, 6.45) is 37.6. The Kier molecular flexibility index (Phi) is 36.9. The zero-order valence-electron chi connectivity index (χ0n) is 36.2. The number of rotatable bonds is 42. The van der Waals surface area contributed by atoms with Crippen molar-refractivity contribution in [3.05, 3.63) is 0 Å². The van der Waals surface area contributed by atoms with E-state index in [-0.39, 0.29) is 26.1 Å².